The van der Waals surface area contributed by atoms with E-state index in [9.17, 15) is 4.79 Å². The SMILES string of the molecule is CC(NC(=O)OC(C)(C)C)c1nc(Nc2ccccc2)c2ccccc2n1. The molecule has 0 fully saturated rings. The second kappa shape index (κ2) is 7.61. The van der Waals surface area contributed by atoms with Crippen molar-refractivity contribution in [3.8, 4) is 0 Å². The number of alkyl carbamates (subject to hydrolysis) is 1. The summed E-state index contributed by atoms with van der Waals surface area (Å²) in [5.74, 6) is 1.21. The smallest absolute Gasteiger partial charge is 0.408 e. The number of para-hydroxylation sites is 2. The first-order chi connectivity index (χ1) is 12.8. The molecule has 1 aromatic heterocycles. The molecule has 2 N–H and O–H groups in total. The predicted molar refractivity (Wildman–Crippen MR) is 107 cm³/mol. The molecule has 0 radical (unpaired) electrons. The number of rotatable bonds is 4. The number of anilines is 2. The van der Waals surface area contributed by atoms with E-state index in [1.807, 2.05) is 82.3 Å². The zero-order chi connectivity index (χ0) is 19.4. The third-order valence-corrected chi connectivity index (χ3v) is 3.78. The third kappa shape index (κ3) is 4.94. The van der Waals surface area contributed by atoms with E-state index in [1.54, 1.807) is 0 Å². The summed E-state index contributed by atoms with van der Waals surface area (Å²) in [6.07, 6.45) is -0.496. The number of hydrogen-bond donors (Lipinski definition) is 2. The molecule has 1 unspecified atom stereocenters. The first kappa shape index (κ1) is 18.6. The van der Waals surface area contributed by atoms with Crippen molar-refractivity contribution in [3.05, 3.63) is 60.4 Å². The molecule has 0 spiro atoms. The molecular weight excluding hydrogens is 340 g/mol. The van der Waals surface area contributed by atoms with Gasteiger partial charge in [0.2, 0.25) is 0 Å². The van der Waals surface area contributed by atoms with E-state index < -0.39 is 17.7 Å². The van der Waals surface area contributed by atoms with E-state index in [2.05, 4.69) is 20.6 Å². The molecule has 0 aliphatic rings. The Hall–Kier alpha value is -3.15. The van der Waals surface area contributed by atoms with Crippen LogP contribution in [0.2, 0.25) is 0 Å². The molecule has 1 amide bonds. The number of hydrogen-bond acceptors (Lipinski definition) is 5. The molecule has 6 heteroatoms. The number of amides is 1. The number of carbonyl (C=O) groups excluding carboxylic acids is 1. The second-order valence-corrected chi connectivity index (χ2v) is 7.31. The van der Waals surface area contributed by atoms with Gasteiger partial charge in [-0.25, -0.2) is 14.8 Å². The number of fused-ring (bicyclic) bond motifs is 1. The highest BCUT2D eigenvalue weighted by Gasteiger charge is 2.20. The summed E-state index contributed by atoms with van der Waals surface area (Å²) in [4.78, 5) is 21.3. The summed E-state index contributed by atoms with van der Waals surface area (Å²) >= 11 is 0. The highest BCUT2D eigenvalue weighted by Crippen LogP contribution is 2.25. The molecular formula is C21H24N4O2. The maximum atomic E-state index is 12.1. The predicted octanol–water partition coefficient (Wildman–Crippen LogP) is 4.96. The molecule has 3 rings (SSSR count). The van der Waals surface area contributed by atoms with Gasteiger partial charge in [0.25, 0.3) is 0 Å². The third-order valence-electron chi connectivity index (χ3n) is 3.78. The Morgan fingerprint density at radius 3 is 2.37 bits per heavy atom. The number of ether oxygens (including phenoxy) is 1. The minimum atomic E-state index is -0.561. The summed E-state index contributed by atoms with van der Waals surface area (Å²) in [6.45, 7) is 7.31. The summed E-state index contributed by atoms with van der Waals surface area (Å²) in [5, 5.41) is 7.04. The number of carbonyl (C=O) groups is 1. The molecule has 3 aromatic rings. The molecule has 1 heterocycles. The zero-order valence-corrected chi connectivity index (χ0v) is 16.0. The average Bonchev–Trinajstić information content (AvgIpc) is 2.60. The van der Waals surface area contributed by atoms with Gasteiger partial charge in [-0.15, -0.1) is 0 Å². The van der Waals surface area contributed by atoms with Gasteiger partial charge in [0.05, 0.1) is 11.6 Å². The standard InChI is InChI=1S/C21H24N4O2/c1-14(22-20(26)27-21(2,3)4)18-24-17-13-9-8-12-16(17)19(25-18)23-15-10-6-5-7-11-15/h5-14H,1-4H3,(H,22,26)(H,23,24,25). The number of aromatic nitrogens is 2. The molecule has 0 saturated heterocycles. The molecule has 0 saturated carbocycles. The Kier molecular flexibility index (Phi) is 5.26. The van der Waals surface area contributed by atoms with Gasteiger partial charge in [-0.2, -0.15) is 0 Å². The van der Waals surface area contributed by atoms with Gasteiger partial charge in [0.1, 0.15) is 11.4 Å². The van der Waals surface area contributed by atoms with E-state index in [4.69, 9.17) is 4.74 Å². The van der Waals surface area contributed by atoms with Crippen molar-refractivity contribution in [2.75, 3.05) is 5.32 Å². The maximum Gasteiger partial charge on any atom is 0.408 e. The fourth-order valence-corrected chi connectivity index (χ4v) is 2.59. The minimum absolute atomic E-state index is 0.402. The number of nitrogens with one attached hydrogen (secondary N) is 2. The fourth-order valence-electron chi connectivity index (χ4n) is 2.59. The van der Waals surface area contributed by atoms with Crippen LogP contribution in [0.1, 0.15) is 39.6 Å². The maximum absolute atomic E-state index is 12.1. The van der Waals surface area contributed by atoms with Crippen LogP contribution in [-0.2, 0) is 4.74 Å². The summed E-state index contributed by atoms with van der Waals surface area (Å²) < 4.78 is 5.32. The molecule has 140 valence electrons. The first-order valence-corrected chi connectivity index (χ1v) is 8.90. The lowest BCUT2D eigenvalue weighted by atomic mass is 10.2. The molecule has 27 heavy (non-hydrogen) atoms. The van der Waals surface area contributed by atoms with Crippen molar-refractivity contribution >= 4 is 28.5 Å². The molecule has 2 aromatic carbocycles. The molecule has 1 atom stereocenters. The second-order valence-electron chi connectivity index (χ2n) is 7.31. The lowest BCUT2D eigenvalue weighted by molar-refractivity contribution is 0.0506. The molecule has 0 bridgehead atoms. The Balaban J connectivity index is 1.90. The van der Waals surface area contributed by atoms with E-state index >= 15 is 0 Å². The molecule has 0 aliphatic carbocycles. The van der Waals surface area contributed by atoms with Gasteiger partial charge < -0.3 is 15.4 Å². The van der Waals surface area contributed by atoms with Gasteiger partial charge in [0.15, 0.2) is 5.82 Å². The van der Waals surface area contributed by atoms with Crippen LogP contribution in [0.15, 0.2) is 54.6 Å². The van der Waals surface area contributed by atoms with Crippen LogP contribution in [0, 0.1) is 0 Å². The Morgan fingerprint density at radius 2 is 1.67 bits per heavy atom. The normalized spacial score (nSPS) is 12.4. The number of benzene rings is 2. The zero-order valence-electron chi connectivity index (χ0n) is 16.0. The Labute approximate surface area is 159 Å². The molecule has 0 aliphatic heterocycles. The van der Waals surface area contributed by atoms with Crippen LogP contribution in [-0.4, -0.2) is 21.7 Å². The van der Waals surface area contributed by atoms with Gasteiger partial charge in [-0.3, -0.25) is 0 Å². The van der Waals surface area contributed by atoms with E-state index in [0.717, 1.165) is 16.6 Å². The van der Waals surface area contributed by atoms with Crippen molar-refractivity contribution in [2.24, 2.45) is 0 Å². The minimum Gasteiger partial charge on any atom is -0.444 e. The van der Waals surface area contributed by atoms with Crippen molar-refractivity contribution < 1.29 is 9.53 Å². The first-order valence-electron chi connectivity index (χ1n) is 8.90. The average molecular weight is 364 g/mol. The van der Waals surface area contributed by atoms with Crippen LogP contribution in [0.3, 0.4) is 0 Å². The Morgan fingerprint density at radius 1 is 1.00 bits per heavy atom. The largest absolute Gasteiger partial charge is 0.444 e. The van der Waals surface area contributed by atoms with Gasteiger partial charge in [-0.05, 0) is 52.0 Å². The van der Waals surface area contributed by atoms with Crippen molar-refractivity contribution in [1.29, 1.82) is 0 Å². The van der Waals surface area contributed by atoms with Crippen LogP contribution in [0.25, 0.3) is 10.9 Å². The monoisotopic (exact) mass is 364 g/mol. The van der Waals surface area contributed by atoms with E-state index in [-0.39, 0.29) is 0 Å². The summed E-state index contributed by atoms with van der Waals surface area (Å²) in [7, 11) is 0. The lowest BCUT2D eigenvalue weighted by Gasteiger charge is -2.22. The highest BCUT2D eigenvalue weighted by molar-refractivity contribution is 5.90. The van der Waals surface area contributed by atoms with E-state index in [0.29, 0.717) is 11.6 Å². The van der Waals surface area contributed by atoms with Gasteiger partial charge in [-0.1, -0.05) is 30.3 Å². The molecule has 6 nitrogen and oxygen atoms in total. The van der Waals surface area contributed by atoms with E-state index in [1.165, 1.54) is 0 Å². The quantitative estimate of drug-likeness (QED) is 0.684. The van der Waals surface area contributed by atoms with Crippen molar-refractivity contribution in [1.82, 2.24) is 15.3 Å². The fraction of sp³-hybridized carbons (Fsp3) is 0.286. The summed E-state index contributed by atoms with van der Waals surface area (Å²) in [6, 6.07) is 17.2. The lowest BCUT2D eigenvalue weighted by Crippen LogP contribution is -2.34. The van der Waals surface area contributed by atoms with Crippen molar-refractivity contribution in [3.63, 3.8) is 0 Å². The van der Waals surface area contributed by atoms with Crippen LogP contribution >= 0.6 is 0 Å². The van der Waals surface area contributed by atoms with Crippen LogP contribution in [0.5, 0.6) is 0 Å². The van der Waals surface area contributed by atoms with Gasteiger partial charge in [0, 0.05) is 11.1 Å². The summed E-state index contributed by atoms with van der Waals surface area (Å²) in [5.41, 5.74) is 1.17. The Bertz CT molecular complexity index is 936. The topological polar surface area (TPSA) is 76.1 Å². The van der Waals surface area contributed by atoms with Gasteiger partial charge >= 0.3 is 6.09 Å². The van der Waals surface area contributed by atoms with Crippen molar-refractivity contribution in [2.45, 2.75) is 39.3 Å². The number of nitrogens with zero attached hydrogens (tertiary/aromatic N) is 2. The highest BCUT2D eigenvalue weighted by atomic mass is 16.6. The van der Waals surface area contributed by atoms with Crippen LogP contribution in [0.4, 0.5) is 16.3 Å². The van der Waals surface area contributed by atoms with Crippen LogP contribution < -0.4 is 10.6 Å².